The van der Waals surface area contributed by atoms with Crippen molar-refractivity contribution in [3.8, 4) is 5.75 Å². The fourth-order valence-electron chi connectivity index (χ4n) is 3.32. The summed E-state index contributed by atoms with van der Waals surface area (Å²) in [7, 11) is 1.58. The smallest absolute Gasteiger partial charge is 0.346 e. The van der Waals surface area contributed by atoms with Gasteiger partial charge in [0.2, 0.25) is 5.82 Å². The number of rotatable bonds is 5. The monoisotopic (exact) mass is 382 g/mol. The average molecular weight is 382 g/mol. The van der Waals surface area contributed by atoms with Gasteiger partial charge in [-0.25, -0.2) is 13.9 Å². The van der Waals surface area contributed by atoms with Crippen molar-refractivity contribution in [1.82, 2.24) is 19.2 Å². The van der Waals surface area contributed by atoms with Gasteiger partial charge in [-0.05, 0) is 35.4 Å². The van der Waals surface area contributed by atoms with Crippen LogP contribution in [0.25, 0.3) is 0 Å². The molecule has 0 aliphatic carbocycles. The number of carbonyl (C=O) groups excluding carboxylic acids is 1. The molecule has 8 heteroatoms. The summed E-state index contributed by atoms with van der Waals surface area (Å²) in [5.41, 5.74) is 1.22. The highest BCUT2D eigenvalue weighted by Gasteiger charge is 2.29. The van der Waals surface area contributed by atoms with Crippen molar-refractivity contribution in [2.75, 3.05) is 13.7 Å². The predicted molar refractivity (Wildman–Crippen MR) is 99.7 cm³/mol. The van der Waals surface area contributed by atoms with Gasteiger partial charge < -0.3 is 9.64 Å². The molecule has 144 valence electrons. The highest BCUT2D eigenvalue weighted by atomic mass is 19.1. The van der Waals surface area contributed by atoms with Crippen molar-refractivity contribution >= 4 is 5.91 Å². The Balaban J connectivity index is 1.57. The molecule has 1 aliphatic heterocycles. The van der Waals surface area contributed by atoms with E-state index >= 15 is 0 Å². The maximum atomic E-state index is 13.4. The van der Waals surface area contributed by atoms with Crippen LogP contribution in [-0.2, 0) is 19.6 Å². The summed E-state index contributed by atoms with van der Waals surface area (Å²) in [5.74, 6) is 0.112. The largest absolute Gasteiger partial charge is 0.497 e. The van der Waals surface area contributed by atoms with Gasteiger partial charge in [-0.1, -0.05) is 24.3 Å². The number of ether oxygens (including phenoxy) is 1. The molecule has 28 heavy (non-hydrogen) atoms. The van der Waals surface area contributed by atoms with Gasteiger partial charge in [0.05, 0.1) is 13.7 Å². The third-order valence-corrected chi connectivity index (χ3v) is 4.72. The zero-order valence-electron chi connectivity index (χ0n) is 15.3. The molecule has 2 heterocycles. The van der Waals surface area contributed by atoms with Gasteiger partial charge in [0.25, 0.3) is 5.91 Å². The highest BCUT2D eigenvalue weighted by Crippen LogP contribution is 2.15. The first-order valence-corrected chi connectivity index (χ1v) is 8.89. The zero-order chi connectivity index (χ0) is 19.7. The van der Waals surface area contributed by atoms with Crippen molar-refractivity contribution in [2.24, 2.45) is 0 Å². The molecule has 0 saturated heterocycles. The Morgan fingerprint density at radius 1 is 1.04 bits per heavy atom. The molecular formula is C20H19FN4O3. The summed E-state index contributed by atoms with van der Waals surface area (Å²) in [6.07, 6.45) is 0. The van der Waals surface area contributed by atoms with E-state index in [1.165, 1.54) is 21.4 Å². The predicted octanol–water partition coefficient (Wildman–Crippen LogP) is 1.90. The Morgan fingerprint density at radius 3 is 2.54 bits per heavy atom. The van der Waals surface area contributed by atoms with E-state index in [2.05, 4.69) is 5.10 Å². The second-order valence-electron chi connectivity index (χ2n) is 6.62. The minimum Gasteiger partial charge on any atom is -0.497 e. The molecule has 0 radical (unpaired) electrons. The summed E-state index contributed by atoms with van der Waals surface area (Å²) < 4.78 is 21.3. The molecule has 1 aliphatic rings. The fraction of sp³-hybridized carbons (Fsp3) is 0.250. The van der Waals surface area contributed by atoms with Gasteiger partial charge in [0.15, 0.2) is 0 Å². The molecule has 0 bridgehead atoms. The second kappa shape index (κ2) is 7.30. The van der Waals surface area contributed by atoms with Crippen LogP contribution in [0.3, 0.4) is 0 Å². The zero-order valence-corrected chi connectivity index (χ0v) is 15.3. The molecule has 4 rings (SSSR count). The summed E-state index contributed by atoms with van der Waals surface area (Å²) in [5, 5.41) is 4.25. The van der Waals surface area contributed by atoms with E-state index in [1.807, 2.05) is 24.3 Å². The Bertz CT molecular complexity index is 1090. The molecule has 1 aromatic heterocycles. The van der Waals surface area contributed by atoms with Crippen LogP contribution in [0.2, 0.25) is 0 Å². The Labute approximate surface area is 160 Å². The maximum Gasteiger partial charge on any atom is 0.346 e. The fourth-order valence-corrected chi connectivity index (χ4v) is 3.32. The van der Waals surface area contributed by atoms with Gasteiger partial charge in [0, 0.05) is 19.6 Å². The van der Waals surface area contributed by atoms with Gasteiger partial charge >= 0.3 is 5.69 Å². The van der Waals surface area contributed by atoms with Gasteiger partial charge in [-0.2, -0.15) is 0 Å². The molecule has 7 nitrogen and oxygen atoms in total. The number of amides is 1. The number of methoxy groups -OCH3 is 1. The van der Waals surface area contributed by atoms with Crippen LogP contribution in [0.5, 0.6) is 5.75 Å². The third kappa shape index (κ3) is 3.40. The van der Waals surface area contributed by atoms with Gasteiger partial charge in [0.1, 0.15) is 11.6 Å². The lowest BCUT2D eigenvalue weighted by atomic mass is 10.2. The van der Waals surface area contributed by atoms with E-state index in [1.54, 1.807) is 24.1 Å². The molecular weight excluding hydrogens is 363 g/mol. The normalized spacial score (nSPS) is 13.5. The summed E-state index contributed by atoms with van der Waals surface area (Å²) in [4.78, 5) is 27.0. The quantitative estimate of drug-likeness (QED) is 0.676. The van der Waals surface area contributed by atoms with Crippen LogP contribution >= 0.6 is 0 Å². The first-order chi connectivity index (χ1) is 13.5. The average Bonchev–Trinajstić information content (AvgIpc) is 3.01. The lowest BCUT2D eigenvalue weighted by Crippen LogP contribution is -2.42. The van der Waals surface area contributed by atoms with Crippen LogP contribution in [0, 0.1) is 5.82 Å². The van der Waals surface area contributed by atoms with Crippen molar-refractivity contribution in [2.45, 2.75) is 19.6 Å². The minimum atomic E-state index is -0.346. The molecule has 0 spiro atoms. The lowest BCUT2D eigenvalue weighted by Gasteiger charge is -2.26. The molecule has 0 atom stereocenters. The van der Waals surface area contributed by atoms with E-state index in [9.17, 15) is 14.0 Å². The first kappa shape index (κ1) is 18.0. The van der Waals surface area contributed by atoms with Crippen molar-refractivity contribution < 1.29 is 13.9 Å². The molecule has 0 unspecified atom stereocenters. The van der Waals surface area contributed by atoms with E-state index in [0.29, 0.717) is 24.4 Å². The minimum absolute atomic E-state index is 0.107. The lowest BCUT2D eigenvalue weighted by molar-refractivity contribution is 0.0681. The number of aromatic nitrogens is 3. The van der Waals surface area contributed by atoms with Crippen LogP contribution in [0.15, 0.2) is 53.3 Å². The topological polar surface area (TPSA) is 69.4 Å². The number of carbonyl (C=O) groups is 1. The van der Waals surface area contributed by atoms with Crippen LogP contribution in [0.1, 0.15) is 21.7 Å². The first-order valence-electron chi connectivity index (χ1n) is 8.89. The molecule has 0 saturated carbocycles. The van der Waals surface area contributed by atoms with E-state index in [-0.39, 0.29) is 36.3 Å². The summed E-state index contributed by atoms with van der Waals surface area (Å²) in [6, 6.07) is 13.5. The number of benzene rings is 2. The van der Waals surface area contributed by atoms with Crippen LogP contribution < -0.4 is 10.4 Å². The summed E-state index contributed by atoms with van der Waals surface area (Å²) >= 11 is 0. The van der Waals surface area contributed by atoms with Crippen molar-refractivity contribution in [3.05, 3.63) is 81.8 Å². The number of nitrogens with zero attached hydrogens (tertiary/aromatic N) is 4. The van der Waals surface area contributed by atoms with Crippen molar-refractivity contribution in [3.63, 3.8) is 0 Å². The highest BCUT2D eigenvalue weighted by molar-refractivity contribution is 5.91. The Kier molecular flexibility index (Phi) is 4.68. The van der Waals surface area contributed by atoms with Gasteiger partial charge in [-0.3, -0.25) is 9.36 Å². The van der Waals surface area contributed by atoms with E-state index in [0.717, 1.165) is 5.56 Å². The van der Waals surface area contributed by atoms with E-state index < -0.39 is 0 Å². The number of hydrogen-bond donors (Lipinski definition) is 0. The van der Waals surface area contributed by atoms with Gasteiger partial charge in [-0.15, -0.1) is 5.10 Å². The maximum absolute atomic E-state index is 13.4. The molecule has 3 aromatic rings. The van der Waals surface area contributed by atoms with E-state index in [4.69, 9.17) is 4.74 Å². The number of fused-ring (bicyclic) bond motifs is 1. The molecule has 2 aromatic carbocycles. The third-order valence-electron chi connectivity index (χ3n) is 4.72. The second-order valence-corrected chi connectivity index (χ2v) is 6.62. The number of hydrogen-bond acceptors (Lipinski definition) is 4. The van der Waals surface area contributed by atoms with Crippen LogP contribution in [-0.4, -0.2) is 38.8 Å². The summed E-state index contributed by atoms with van der Waals surface area (Å²) in [6.45, 7) is 1.24. The standard InChI is InChI=1S/C20H19FN4O3/c1-28-17-7-3-5-15(11-17)13-25-20(27)24-9-8-23(19(26)18(24)22-25)12-14-4-2-6-16(21)10-14/h2-7,10-11H,8-9,12-13H2,1H3. The molecule has 0 N–H and O–H groups in total. The molecule has 1 amide bonds. The number of halogens is 1. The van der Waals surface area contributed by atoms with Crippen LogP contribution in [0.4, 0.5) is 4.39 Å². The van der Waals surface area contributed by atoms with Crippen molar-refractivity contribution in [1.29, 1.82) is 0 Å². The SMILES string of the molecule is COc1cccc(Cn2nc3n(c2=O)CCN(Cc2cccc(F)c2)C3=O)c1. The Hall–Kier alpha value is -3.42. The Morgan fingerprint density at radius 2 is 1.79 bits per heavy atom. The molecule has 0 fully saturated rings.